The first kappa shape index (κ1) is 20.3. The number of alkyl halides is 5. The summed E-state index contributed by atoms with van der Waals surface area (Å²) in [6, 6.07) is 2.26. The van der Waals surface area contributed by atoms with E-state index in [0.717, 1.165) is 23.6 Å². The van der Waals surface area contributed by atoms with Gasteiger partial charge in [-0.25, -0.2) is 13.4 Å². The molecule has 2 heterocycles. The summed E-state index contributed by atoms with van der Waals surface area (Å²) >= 11 is 0.745. The average Bonchev–Trinajstić information content (AvgIpc) is 2.95. The molecule has 0 unspecified atom stereocenters. The van der Waals surface area contributed by atoms with Crippen LogP contribution in [0.5, 0.6) is 5.75 Å². The summed E-state index contributed by atoms with van der Waals surface area (Å²) in [5, 5.41) is -0.0148. The standard InChI is InChI=1S/C13H12F5N3O3S2/c1-2-26(22,23)10-9(21-11(19)25-10)8-4-3-7(5-20-8)24-6-12(14,15)13(16,17)18/h3-5H,2,6H2,1H3,(H2,19,21). The number of aromatic nitrogens is 2. The van der Waals surface area contributed by atoms with Crippen molar-refractivity contribution in [1.82, 2.24) is 9.97 Å². The Morgan fingerprint density at radius 2 is 1.88 bits per heavy atom. The van der Waals surface area contributed by atoms with Crippen molar-refractivity contribution in [3.05, 3.63) is 18.3 Å². The number of halogens is 5. The number of pyridine rings is 1. The smallest absolute Gasteiger partial charge is 0.456 e. The minimum absolute atomic E-state index is 0.0148. The van der Waals surface area contributed by atoms with Gasteiger partial charge in [0, 0.05) is 0 Å². The Kier molecular flexibility index (Phi) is 5.42. The monoisotopic (exact) mass is 417 g/mol. The van der Waals surface area contributed by atoms with Crippen LogP contribution in [-0.2, 0) is 9.84 Å². The zero-order valence-electron chi connectivity index (χ0n) is 13.0. The first-order valence-electron chi connectivity index (χ1n) is 6.90. The number of nitrogens with zero attached hydrogens (tertiary/aromatic N) is 2. The zero-order valence-corrected chi connectivity index (χ0v) is 14.7. The Morgan fingerprint density at radius 1 is 1.23 bits per heavy atom. The van der Waals surface area contributed by atoms with E-state index in [2.05, 4.69) is 14.7 Å². The molecule has 0 atom stereocenters. The summed E-state index contributed by atoms with van der Waals surface area (Å²) in [6.45, 7) is -0.475. The Labute approximate surface area is 148 Å². The van der Waals surface area contributed by atoms with E-state index >= 15 is 0 Å². The van der Waals surface area contributed by atoms with E-state index in [1.807, 2.05) is 0 Å². The number of nitrogen functional groups attached to an aromatic ring is 1. The van der Waals surface area contributed by atoms with Crippen LogP contribution in [0.25, 0.3) is 11.4 Å². The molecule has 0 aliphatic carbocycles. The summed E-state index contributed by atoms with van der Waals surface area (Å²) in [5.74, 6) is -5.56. The molecule has 0 saturated carbocycles. The Bertz CT molecular complexity index is 879. The number of rotatable bonds is 6. The average molecular weight is 417 g/mol. The molecule has 2 rings (SSSR count). The number of thiazole rings is 1. The van der Waals surface area contributed by atoms with E-state index in [0.29, 0.717) is 0 Å². The van der Waals surface area contributed by atoms with Crippen molar-refractivity contribution in [1.29, 1.82) is 0 Å². The summed E-state index contributed by atoms with van der Waals surface area (Å²) in [5.41, 5.74) is 5.56. The summed E-state index contributed by atoms with van der Waals surface area (Å²) in [6.07, 6.45) is -4.85. The van der Waals surface area contributed by atoms with E-state index in [1.54, 1.807) is 0 Å². The second-order valence-corrected chi connectivity index (χ2v) is 8.47. The van der Waals surface area contributed by atoms with Gasteiger partial charge in [-0.3, -0.25) is 4.98 Å². The van der Waals surface area contributed by atoms with Gasteiger partial charge in [0.15, 0.2) is 25.8 Å². The van der Waals surface area contributed by atoms with E-state index in [1.165, 1.54) is 13.0 Å². The van der Waals surface area contributed by atoms with Crippen LogP contribution in [0.3, 0.4) is 0 Å². The van der Waals surface area contributed by atoms with Crippen molar-refractivity contribution in [3.8, 4) is 17.1 Å². The number of nitrogens with two attached hydrogens (primary N) is 1. The number of anilines is 1. The fourth-order valence-electron chi connectivity index (χ4n) is 1.69. The van der Waals surface area contributed by atoms with E-state index in [4.69, 9.17) is 5.73 Å². The van der Waals surface area contributed by atoms with Crippen molar-refractivity contribution in [2.75, 3.05) is 18.1 Å². The van der Waals surface area contributed by atoms with Crippen LogP contribution < -0.4 is 10.5 Å². The molecule has 2 N–H and O–H groups in total. The molecule has 13 heteroatoms. The molecular formula is C13H12F5N3O3S2. The third-order valence-electron chi connectivity index (χ3n) is 3.09. The van der Waals surface area contributed by atoms with Crippen molar-refractivity contribution in [3.63, 3.8) is 0 Å². The lowest BCUT2D eigenvalue weighted by atomic mass is 10.3. The molecule has 0 fully saturated rings. The molecule has 0 saturated heterocycles. The van der Waals surface area contributed by atoms with Crippen molar-refractivity contribution >= 4 is 26.3 Å². The van der Waals surface area contributed by atoms with Crippen LogP contribution in [-0.4, -0.2) is 42.8 Å². The molecule has 0 aromatic carbocycles. The summed E-state index contributed by atoms with van der Waals surface area (Å²) in [7, 11) is -3.63. The summed E-state index contributed by atoms with van der Waals surface area (Å²) < 4.78 is 90.3. The second-order valence-electron chi connectivity index (χ2n) is 4.96. The lowest BCUT2D eigenvalue weighted by Gasteiger charge is -2.19. The van der Waals surface area contributed by atoms with Crippen LogP contribution in [0.15, 0.2) is 22.5 Å². The lowest BCUT2D eigenvalue weighted by Crippen LogP contribution is -2.41. The number of hydrogen-bond acceptors (Lipinski definition) is 7. The minimum atomic E-state index is -5.73. The third-order valence-corrected chi connectivity index (χ3v) is 6.30. The minimum Gasteiger partial charge on any atom is -0.485 e. The van der Waals surface area contributed by atoms with Gasteiger partial charge in [0.2, 0.25) is 0 Å². The first-order valence-corrected chi connectivity index (χ1v) is 9.37. The van der Waals surface area contributed by atoms with Gasteiger partial charge in [0.1, 0.15) is 11.4 Å². The second kappa shape index (κ2) is 6.95. The third kappa shape index (κ3) is 4.20. The Morgan fingerprint density at radius 3 is 2.38 bits per heavy atom. The van der Waals surface area contributed by atoms with Crippen molar-refractivity contribution in [2.24, 2.45) is 0 Å². The quantitative estimate of drug-likeness (QED) is 0.726. The maximum Gasteiger partial charge on any atom is 0.456 e. The molecule has 2 aromatic heterocycles. The van der Waals surface area contributed by atoms with E-state index < -0.39 is 28.5 Å². The molecule has 144 valence electrons. The molecule has 2 aromatic rings. The highest BCUT2D eigenvalue weighted by Crippen LogP contribution is 2.36. The molecule has 0 radical (unpaired) electrons. The first-order chi connectivity index (χ1) is 11.9. The van der Waals surface area contributed by atoms with Crippen molar-refractivity contribution in [2.45, 2.75) is 23.2 Å². The van der Waals surface area contributed by atoms with Crippen LogP contribution >= 0.6 is 11.3 Å². The van der Waals surface area contributed by atoms with Crippen molar-refractivity contribution < 1.29 is 35.1 Å². The molecule has 0 amide bonds. The van der Waals surface area contributed by atoms with Gasteiger partial charge in [-0.05, 0) is 12.1 Å². The van der Waals surface area contributed by atoms with Gasteiger partial charge in [-0.1, -0.05) is 18.3 Å². The van der Waals surface area contributed by atoms with E-state index in [9.17, 15) is 30.4 Å². The Balaban J connectivity index is 2.24. The number of ether oxygens (including phenoxy) is 1. The van der Waals surface area contributed by atoms with Crippen LogP contribution in [0.2, 0.25) is 0 Å². The molecule has 0 aliphatic rings. The number of sulfone groups is 1. The van der Waals surface area contributed by atoms with Crippen LogP contribution in [0.4, 0.5) is 27.1 Å². The molecule has 6 nitrogen and oxygen atoms in total. The van der Waals surface area contributed by atoms with E-state index in [-0.39, 0.29) is 32.2 Å². The van der Waals surface area contributed by atoms with Gasteiger partial charge in [-0.15, -0.1) is 0 Å². The molecule has 0 bridgehead atoms. The normalized spacial score (nSPS) is 13.0. The van der Waals surface area contributed by atoms with Gasteiger partial charge in [0.05, 0.1) is 17.6 Å². The predicted molar refractivity (Wildman–Crippen MR) is 84.0 cm³/mol. The zero-order chi connectivity index (χ0) is 19.8. The largest absolute Gasteiger partial charge is 0.485 e. The fourth-order valence-corrected chi connectivity index (χ4v) is 4.09. The maximum absolute atomic E-state index is 12.8. The van der Waals surface area contributed by atoms with Gasteiger partial charge >= 0.3 is 12.1 Å². The topological polar surface area (TPSA) is 95.2 Å². The van der Waals surface area contributed by atoms with Crippen LogP contribution in [0, 0.1) is 0 Å². The molecular weight excluding hydrogens is 405 g/mol. The van der Waals surface area contributed by atoms with Gasteiger partial charge < -0.3 is 10.5 Å². The highest BCUT2D eigenvalue weighted by atomic mass is 32.2. The fraction of sp³-hybridized carbons (Fsp3) is 0.385. The lowest BCUT2D eigenvalue weighted by molar-refractivity contribution is -0.290. The van der Waals surface area contributed by atoms with Crippen LogP contribution in [0.1, 0.15) is 6.92 Å². The molecule has 0 spiro atoms. The SMILES string of the molecule is CCS(=O)(=O)c1sc(N)nc1-c1ccc(OCC(F)(F)C(F)(F)F)cn1. The predicted octanol–water partition coefficient (Wildman–Crippen LogP) is 3.16. The Hall–Kier alpha value is -2.02. The van der Waals surface area contributed by atoms with Gasteiger partial charge in [0.25, 0.3) is 0 Å². The highest BCUT2D eigenvalue weighted by molar-refractivity contribution is 7.93. The summed E-state index contributed by atoms with van der Waals surface area (Å²) in [4.78, 5) is 7.69. The number of hydrogen-bond donors (Lipinski definition) is 1. The molecule has 26 heavy (non-hydrogen) atoms. The molecule has 0 aliphatic heterocycles. The maximum atomic E-state index is 12.8. The van der Waals surface area contributed by atoms with Gasteiger partial charge in [-0.2, -0.15) is 22.0 Å². The highest BCUT2D eigenvalue weighted by Gasteiger charge is 2.58.